The van der Waals surface area contributed by atoms with Crippen LogP contribution in [0.1, 0.15) is 24.2 Å². The quantitative estimate of drug-likeness (QED) is 0.739. The second kappa shape index (κ2) is 8.79. The average molecular weight is 401 g/mol. The van der Waals surface area contributed by atoms with E-state index in [1.165, 1.54) is 0 Å². The summed E-state index contributed by atoms with van der Waals surface area (Å²) in [6.45, 7) is 3.83. The van der Waals surface area contributed by atoms with Gasteiger partial charge in [0.2, 0.25) is 0 Å². The Bertz CT molecular complexity index is 818. The van der Waals surface area contributed by atoms with Crippen LogP contribution in [0.4, 0.5) is 4.79 Å². The number of likely N-dealkylation sites (tertiary alicyclic amines) is 1. The van der Waals surface area contributed by atoms with Gasteiger partial charge in [0, 0.05) is 26.7 Å². The second-order valence-electron chi connectivity index (χ2n) is 7.43. The number of carbonyl (C=O) groups is 1. The number of carbonyl (C=O) groups excluding carboxylic acids is 1. The number of nitrogens with one attached hydrogen (secondary N) is 1. The van der Waals surface area contributed by atoms with E-state index in [0.717, 1.165) is 30.0 Å². The molecule has 1 aromatic carbocycles. The molecular formula is C20H27N5O4. The Morgan fingerprint density at radius 1 is 1.28 bits per heavy atom. The lowest BCUT2D eigenvalue weighted by atomic mass is 9.90. The zero-order chi connectivity index (χ0) is 20.1. The van der Waals surface area contributed by atoms with Crippen molar-refractivity contribution >= 4 is 6.03 Å². The van der Waals surface area contributed by atoms with Crippen LogP contribution in [0.2, 0.25) is 0 Å². The molecule has 29 heavy (non-hydrogen) atoms. The van der Waals surface area contributed by atoms with E-state index in [1.807, 2.05) is 39.9 Å². The number of urea groups is 1. The molecule has 0 bridgehead atoms. The molecule has 2 aliphatic rings. The highest BCUT2D eigenvalue weighted by Gasteiger charge is 2.41. The van der Waals surface area contributed by atoms with E-state index in [1.54, 1.807) is 7.11 Å². The summed E-state index contributed by atoms with van der Waals surface area (Å²) in [6, 6.07) is 9.62. The number of nitrogens with zero attached hydrogens (tertiary/aromatic N) is 4. The topological polar surface area (TPSA) is 90.7 Å². The van der Waals surface area contributed by atoms with Crippen molar-refractivity contribution in [3.63, 3.8) is 0 Å². The van der Waals surface area contributed by atoms with Gasteiger partial charge in [-0.2, -0.15) is 0 Å². The summed E-state index contributed by atoms with van der Waals surface area (Å²) in [5.41, 5.74) is 1.48. The Hall–Kier alpha value is -2.65. The first-order valence-electron chi connectivity index (χ1n) is 9.94. The van der Waals surface area contributed by atoms with Crippen LogP contribution in [-0.2, 0) is 29.2 Å². The number of hydrogen-bond donors (Lipinski definition) is 1. The summed E-state index contributed by atoms with van der Waals surface area (Å²) >= 11 is 0. The molecule has 2 aromatic rings. The fourth-order valence-electron chi connectivity index (χ4n) is 3.77. The summed E-state index contributed by atoms with van der Waals surface area (Å²) < 4.78 is 19.0. The van der Waals surface area contributed by atoms with Gasteiger partial charge in [0.25, 0.3) is 0 Å². The number of piperidine rings is 1. The Morgan fingerprint density at radius 2 is 2.07 bits per heavy atom. The van der Waals surface area contributed by atoms with Crippen LogP contribution in [0.3, 0.4) is 0 Å². The first-order valence-corrected chi connectivity index (χ1v) is 9.94. The van der Waals surface area contributed by atoms with Crippen LogP contribution in [0, 0.1) is 0 Å². The minimum atomic E-state index is -0.290. The van der Waals surface area contributed by atoms with E-state index in [-0.39, 0.29) is 11.6 Å². The van der Waals surface area contributed by atoms with E-state index in [2.05, 4.69) is 15.6 Å². The van der Waals surface area contributed by atoms with Crippen molar-refractivity contribution in [2.24, 2.45) is 0 Å². The predicted octanol–water partition coefficient (Wildman–Crippen LogP) is 1.58. The fraction of sp³-hybridized carbons (Fsp3) is 0.550. The Labute approximate surface area is 169 Å². The van der Waals surface area contributed by atoms with E-state index >= 15 is 0 Å². The first-order chi connectivity index (χ1) is 14.2. The molecule has 1 aromatic heterocycles. The minimum absolute atomic E-state index is 0.0468. The molecule has 2 aliphatic heterocycles. The van der Waals surface area contributed by atoms with E-state index in [4.69, 9.17) is 14.2 Å². The van der Waals surface area contributed by atoms with Crippen molar-refractivity contribution in [3.8, 4) is 5.75 Å². The van der Waals surface area contributed by atoms with Crippen molar-refractivity contribution in [1.82, 2.24) is 25.2 Å². The van der Waals surface area contributed by atoms with Gasteiger partial charge < -0.3 is 24.4 Å². The number of hydrogen-bond acceptors (Lipinski definition) is 6. The largest absolute Gasteiger partial charge is 0.487 e. The van der Waals surface area contributed by atoms with E-state index < -0.39 is 0 Å². The molecule has 4 rings (SSSR count). The summed E-state index contributed by atoms with van der Waals surface area (Å²) in [5.74, 6) is 0.804. The minimum Gasteiger partial charge on any atom is -0.487 e. The molecule has 9 nitrogen and oxygen atoms in total. The normalized spacial score (nSPS) is 17.8. The number of para-hydroxylation sites is 1. The number of methoxy groups -OCH3 is 1. The number of fused-ring (bicyclic) bond motifs is 1. The lowest BCUT2D eigenvalue weighted by molar-refractivity contribution is -0.119. The Balaban J connectivity index is 1.32. The van der Waals surface area contributed by atoms with Gasteiger partial charge in [-0.1, -0.05) is 23.4 Å². The molecule has 2 amide bonds. The van der Waals surface area contributed by atoms with Crippen molar-refractivity contribution in [1.29, 1.82) is 0 Å². The molecule has 1 fully saturated rings. The van der Waals surface area contributed by atoms with E-state index in [0.29, 0.717) is 46.0 Å². The first kappa shape index (κ1) is 19.7. The van der Waals surface area contributed by atoms with Crippen LogP contribution < -0.4 is 10.1 Å². The van der Waals surface area contributed by atoms with Crippen molar-refractivity contribution in [2.45, 2.75) is 38.2 Å². The molecule has 1 saturated heterocycles. The maximum atomic E-state index is 12.2. The smallest absolute Gasteiger partial charge is 0.317 e. The van der Waals surface area contributed by atoms with E-state index in [9.17, 15) is 4.79 Å². The van der Waals surface area contributed by atoms with Crippen LogP contribution in [0.5, 0.6) is 5.75 Å². The monoisotopic (exact) mass is 401 g/mol. The molecule has 9 heteroatoms. The third kappa shape index (κ3) is 4.51. The zero-order valence-corrected chi connectivity index (χ0v) is 16.7. The van der Waals surface area contributed by atoms with Gasteiger partial charge in [-0.05, 0) is 25.0 Å². The number of rotatable bonds is 6. The highest BCUT2D eigenvalue weighted by molar-refractivity contribution is 5.74. The van der Waals surface area contributed by atoms with Crippen LogP contribution in [-0.4, -0.2) is 64.9 Å². The van der Waals surface area contributed by atoms with Crippen molar-refractivity contribution < 1.29 is 19.0 Å². The molecule has 0 unspecified atom stereocenters. The molecule has 0 aliphatic carbocycles. The fourth-order valence-corrected chi connectivity index (χ4v) is 3.77. The molecule has 0 atom stereocenters. The second-order valence-corrected chi connectivity index (χ2v) is 7.43. The van der Waals surface area contributed by atoms with Gasteiger partial charge >= 0.3 is 6.03 Å². The standard InChI is InChI=1S/C20H27N5O4/c1-27-12-9-21-19(26)24-10-7-20(8-11-24)15-25-18(14-29-20)17(22-23-25)13-28-16-5-3-2-4-6-16/h2-6H,7-15H2,1H3,(H,21,26). The third-order valence-electron chi connectivity index (χ3n) is 5.53. The van der Waals surface area contributed by atoms with Gasteiger partial charge in [0.15, 0.2) is 0 Å². The van der Waals surface area contributed by atoms with Crippen LogP contribution in [0.25, 0.3) is 0 Å². The van der Waals surface area contributed by atoms with Gasteiger partial charge in [0.1, 0.15) is 18.1 Å². The molecule has 3 heterocycles. The molecule has 0 saturated carbocycles. The molecule has 1 N–H and O–H groups in total. The summed E-state index contributed by atoms with van der Waals surface area (Å²) in [4.78, 5) is 14.0. The number of benzene rings is 1. The summed E-state index contributed by atoms with van der Waals surface area (Å²) in [6.07, 6.45) is 1.56. The molecular weight excluding hydrogens is 374 g/mol. The van der Waals surface area contributed by atoms with Gasteiger partial charge in [0.05, 0.1) is 31.1 Å². The van der Waals surface area contributed by atoms with Gasteiger partial charge in [-0.25, -0.2) is 9.48 Å². The SMILES string of the molecule is COCCNC(=O)N1CCC2(CC1)Cn1nnc(COc3ccccc3)c1CO2. The lowest BCUT2D eigenvalue weighted by Crippen LogP contribution is -2.54. The Kier molecular flexibility index (Phi) is 5.96. The average Bonchev–Trinajstić information content (AvgIpc) is 3.15. The number of ether oxygens (including phenoxy) is 3. The summed E-state index contributed by atoms with van der Waals surface area (Å²) in [5, 5.41) is 11.5. The predicted molar refractivity (Wildman–Crippen MR) is 104 cm³/mol. The van der Waals surface area contributed by atoms with Crippen molar-refractivity contribution in [3.05, 3.63) is 41.7 Å². The van der Waals surface area contributed by atoms with Crippen LogP contribution >= 0.6 is 0 Å². The van der Waals surface area contributed by atoms with Crippen LogP contribution in [0.15, 0.2) is 30.3 Å². The summed E-state index contributed by atoms with van der Waals surface area (Å²) in [7, 11) is 1.62. The highest BCUT2D eigenvalue weighted by atomic mass is 16.5. The van der Waals surface area contributed by atoms with Gasteiger partial charge in [-0.3, -0.25) is 0 Å². The maximum absolute atomic E-state index is 12.2. The lowest BCUT2D eigenvalue weighted by Gasteiger charge is -2.43. The Morgan fingerprint density at radius 3 is 2.83 bits per heavy atom. The third-order valence-corrected chi connectivity index (χ3v) is 5.53. The molecule has 156 valence electrons. The highest BCUT2D eigenvalue weighted by Crippen LogP contribution is 2.33. The zero-order valence-electron chi connectivity index (χ0n) is 16.7. The maximum Gasteiger partial charge on any atom is 0.317 e. The number of aromatic nitrogens is 3. The molecule has 1 spiro atoms. The molecule has 0 radical (unpaired) electrons. The van der Waals surface area contributed by atoms with Crippen molar-refractivity contribution in [2.75, 3.05) is 33.4 Å². The number of amides is 2. The van der Waals surface area contributed by atoms with Gasteiger partial charge in [-0.15, -0.1) is 5.10 Å².